The fourth-order valence-corrected chi connectivity index (χ4v) is 1.48. The van der Waals surface area contributed by atoms with Crippen LogP contribution in [0.4, 0.5) is 4.39 Å². The Bertz CT molecular complexity index is 471. The van der Waals surface area contributed by atoms with Gasteiger partial charge >= 0.3 is 0 Å². The number of benzene rings is 1. The van der Waals surface area contributed by atoms with Crippen LogP contribution in [0.15, 0.2) is 42.6 Å². The zero-order valence-corrected chi connectivity index (χ0v) is 8.02. The average molecular weight is 203 g/mol. The molecule has 15 heavy (non-hydrogen) atoms. The number of aliphatic hydroxyl groups is 1. The van der Waals surface area contributed by atoms with Crippen LogP contribution in [0.25, 0.3) is 11.1 Å². The Labute approximate surface area is 87.0 Å². The van der Waals surface area contributed by atoms with Crippen molar-refractivity contribution in [1.29, 1.82) is 0 Å². The summed E-state index contributed by atoms with van der Waals surface area (Å²) in [6.07, 6.45) is 1.61. The lowest BCUT2D eigenvalue weighted by molar-refractivity contribution is 0.277. The standard InChI is InChI=1S/C12H10FNO/c13-10-4-1-3-9(7-10)11-5-2-6-14-12(11)8-15/h1-7,15H,8H2. The van der Waals surface area contributed by atoms with Crippen LogP contribution in [-0.4, -0.2) is 10.1 Å². The van der Waals surface area contributed by atoms with E-state index in [0.717, 1.165) is 11.1 Å². The number of pyridine rings is 1. The summed E-state index contributed by atoms with van der Waals surface area (Å²) in [5.74, 6) is -0.291. The number of hydrogen-bond donors (Lipinski definition) is 1. The molecule has 0 unspecified atom stereocenters. The largest absolute Gasteiger partial charge is 0.390 e. The van der Waals surface area contributed by atoms with Gasteiger partial charge in [-0.3, -0.25) is 4.98 Å². The number of hydrogen-bond acceptors (Lipinski definition) is 2. The minimum Gasteiger partial charge on any atom is -0.390 e. The molecule has 0 aliphatic heterocycles. The molecule has 0 fully saturated rings. The molecule has 2 aromatic rings. The van der Waals surface area contributed by atoms with Gasteiger partial charge in [-0.25, -0.2) is 4.39 Å². The van der Waals surface area contributed by atoms with Crippen LogP contribution < -0.4 is 0 Å². The molecule has 0 bridgehead atoms. The van der Waals surface area contributed by atoms with Crippen molar-refractivity contribution in [2.75, 3.05) is 0 Å². The van der Waals surface area contributed by atoms with Crippen LogP contribution in [0.1, 0.15) is 5.69 Å². The Morgan fingerprint density at radius 1 is 1.20 bits per heavy atom. The van der Waals surface area contributed by atoms with Gasteiger partial charge in [0.15, 0.2) is 0 Å². The second kappa shape index (κ2) is 4.19. The molecule has 0 saturated carbocycles. The molecule has 0 spiro atoms. The van der Waals surface area contributed by atoms with Crippen LogP contribution >= 0.6 is 0 Å². The lowest BCUT2D eigenvalue weighted by Gasteiger charge is -2.05. The summed E-state index contributed by atoms with van der Waals surface area (Å²) in [7, 11) is 0. The average Bonchev–Trinajstić information content (AvgIpc) is 2.29. The lowest BCUT2D eigenvalue weighted by atomic mass is 10.0. The summed E-state index contributed by atoms with van der Waals surface area (Å²) in [4.78, 5) is 4.03. The third-order valence-corrected chi connectivity index (χ3v) is 2.18. The summed E-state index contributed by atoms with van der Waals surface area (Å²) in [6.45, 7) is -0.146. The van der Waals surface area contributed by atoms with Crippen molar-refractivity contribution in [2.45, 2.75) is 6.61 Å². The van der Waals surface area contributed by atoms with Gasteiger partial charge < -0.3 is 5.11 Å². The Balaban J connectivity index is 2.53. The molecular weight excluding hydrogens is 193 g/mol. The van der Waals surface area contributed by atoms with Crippen molar-refractivity contribution in [3.05, 3.63) is 54.1 Å². The van der Waals surface area contributed by atoms with Gasteiger partial charge in [0.2, 0.25) is 0 Å². The molecule has 2 nitrogen and oxygen atoms in total. The third-order valence-electron chi connectivity index (χ3n) is 2.18. The number of aromatic nitrogens is 1. The molecule has 0 atom stereocenters. The molecule has 76 valence electrons. The fraction of sp³-hybridized carbons (Fsp3) is 0.0833. The van der Waals surface area contributed by atoms with Crippen LogP contribution in [0.5, 0.6) is 0 Å². The van der Waals surface area contributed by atoms with Crippen molar-refractivity contribution in [3.8, 4) is 11.1 Å². The molecule has 3 heteroatoms. The maximum absolute atomic E-state index is 13.0. The van der Waals surface area contributed by atoms with Gasteiger partial charge in [0.05, 0.1) is 12.3 Å². The molecule has 0 amide bonds. The molecule has 1 aromatic heterocycles. The van der Waals surface area contributed by atoms with E-state index in [0.29, 0.717) is 5.69 Å². The number of aliphatic hydroxyl groups excluding tert-OH is 1. The van der Waals surface area contributed by atoms with E-state index in [4.69, 9.17) is 5.11 Å². The van der Waals surface area contributed by atoms with Crippen LogP contribution in [0.2, 0.25) is 0 Å². The van der Waals surface area contributed by atoms with Gasteiger partial charge in [0, 0.05) is 11.8 Å². The highest BCUT2D eigenvalue weighted by Gasteiger charge is 2.05. The summed E-state index contributed by atoms with van der Waals surface area (Å²) in [6, 6.07) is 9.82. The maximum Gasteiger partial charge on any atom is 0.123 e. The van der Waals surface area contributed by atoms with Crippen molar-refractivity contribution in [2.24, 2.45) is 0 Å². The summed E-state index contributed by atoms with van der Waals surface area (Å²) in [5.41, 5.74) is 2.05. The van der Waals surface area contributed by atoms with Gasteiger partial charge in [-0.15, -0.1) is 0 Å². The first-order valence-corrected chi connectivity index (χ1v) is 4.62. The number of halogens is 1. The van der Waals surface area contributed by atoms with E-state index in [1.54, 1.807) is 24.4 Å². The quantitative estimate of drug-likeness (QED) is 0.812. The molecule has 0 radical (unpaired) electrons. The second-order valence-corrected chi connectivity index (χ2v) is 3.17. The molecule has 1 aromatic carbocycles. The minimum atomic E-state index is -0.291. The highest BCUT2D eigenvalue weighted by molar-refractivity contribution is 5.65. The number of rotatable bonds is 2. The third kappa shape index (κ3) is 2.02. The first-order chi connectivity index (χ1) is 7.31. The minimum absolute atomic E-state index is 0.146. The van der Waals surface area contributed by atoms with E-state index in [2.05, 4.69) is 4.98 Å². The predicted molar refractivity (Wildman–Crippen MR) is 55.6 cm³/mol. The first-order valence-electron chi connectivity index (χ1n) is 4.62. The zero-order chi connectivity index (χ0) is 10.7. The molecule has 0 saturated heterocycles. The van der Waals surface area contributed by atoms with Gasteiger partial charge in [0.1, 0.15) is 5.82 Å². The topological polar surface area (TPSA) is 33.1 Å². The smallest absolute Gasteiger partial charge is 0.123 e. The van der Waals surface area contributed by atoms with Crippen LogP contribution in [0, 0.1) is 5.82 Å². The maximum atomic E-state index is 13.0. The molecule has 0 aliphatic rings. The SMILES string of the molecule is OCc1ncccc1-c1cccc(F)c1. The van der Waals surface area contributed by atoms with E-state index in [1.165, 1.54) is 12.1 Å². The zero-order valence-electron chi connectivity index (χ0n) is 8.02. The molecule has 0 aliphatic carbocycles. The molecule has 2 rings (SSSR count). The predicted octanol–water partition coefficient (Wildman–Crippen LogP) is 2.38. The Hall–Kier alpha value is -1.74. The second-order valence-electron chi connectivity index (χ2n) is 3.17. The van der Waals surface area contributed by atoms with E-state index in [-0.39, 0.29) is 12.4 Å². The highest BCUT2D eigenvalue weighted by atomic mass is 19.1. The highest BCUT2D eigenvalue weighted by Crippen LogP contribution is 2.22. The summed E-state index contributed by atoms with van der Waals surface area (Å²) >= 11 is 0. The Kier molecular flexibility index (Phi) is 2.74. The summed E-state index contributed by atoms with van der Waals surface area (Å²) < 4.78 is 13.0. The molecular formula is C12H10FNO. The number of nitrogens with zero attached hydrogens (tertiary/aromatic N) is 1. The van der Waals surface area contributed by atoms with Crippen molar-refractivity contribution in [3.63, 3.8) is 0 Å². The van der Waals surface area contributed by atoms with E-state index in [9.17, 15) is 4.39 Å². The Morgan fingerprint density at radius 3 is 2.80 bits per heavy atom. The van der Waals surface area contributed by atoms with Crippen LogP contribution in [-0.2, 0) is 6.61 Å². The van der Waals surface area contributed by atoms with E-state index < -0.39 is 0 Å². The van der Waals surface area contributed by atoms with Gasteiger partial charge in [-0.05, 0) is 23.8 Å². The van der Waals surface area contributed by atoms with E-state index in [1.807, 2.05) is 6.07 Å². The fourth-order valence-electron chi connectivity index (χ4n) is 1.48. The van der Waals surface area contributed by atoms with Gasteiger partial charge in [0.25, 0.3) is 0 Å². The van der Waals surface area contributed by atoms with Crippen LogP contribution in [0.3, 0.4) is 0 Å². The van der Waals surface area contributed by atoms with Gasteiger partial charge in [-0.1, -0.05) is 18.2 Å². The van der Waals surface area contributed by atoms with E-state index >= 15 is 0 Å². The monoisotopic (exact) mass is 203 g/mol. The summed E-state index contributed by atoms with van der Waals surface area (Å²) in [5, 5.41) is 9.09. The molecule has 1 N–H and O–H groups in total. The Morgan fingerprint density at radius 2 is 2.07 bits per heavy atom. The lowest BCUT2D eigenvalue weighted by Crippen LogP contribution is -1.93. The van der Waals surface area contributed by atoms with Crippen molar-refractivity contribution in [1.82, 2.24) is 4.98 Å². The first kappa shape index (κ1) is 9.80. The molecule has 1 heterocycles. The van der Waals surface area contributed by atoms with Crippen molar-refractivity contribution < 1.29 is 9.50 Å². The van der Waals surface area contributed by atoms with Crippen molar-refractivity contribution >= 4 is 0 Å². The van der Waals surface area contributed by atoms with Gasteiger partial charge in [-0.2, -0.15) is 0 Å². The normalized spacial score (nSPS) is 10.3.